The zero-order valence-corrected chi connectivity index (χ0v) is 8.65. The third kappa shape index (κ3) is 2.95. The van der Waals surface area contributed by atoms with E-state index in [2.05, 4.69) is 4.98 Å². The largest absolute Gasteiger partial charge is 0.481 e. The van der Waals surface area contributed by atoms with E-state index in [1.165, 1.54) is 6.07 Å². The molecule has 17 heavy (non-hydrogen) atoms. The molecule has 0 unspecified atom stereocenters. The van der Waals surface area contributed by atoms with Gasteiger partial charge in [-0.1, -0.05) is 0 Å². The lowest BCUT2D eigenvalue weighted by atomic mass is 10.0. The van der Waals surface area contributed by atoms with E-state index in [1.807, 2.05) is 0 Å². The number of pyridine rings is 1. The normalized spacial score (nSPS) is 10.3. The molecule has 0 spiro atoms. The molecule has 0 aliphatic rings. The van der Waals surface area contributed by atoms with Crippen molar-refractivity contribution in [1.82, 2.24) is 4.98 Å². The second-order valence-electron chi connectivity index (χ2n) is 3.22. The fraction of sp³-hybridized carbons (Fsp3) is 0.300. The molecular formula is C10H9F2N3O2. The van der Waals surface area contributed by atoms with Gasteiger partial charge in [0.1, 0.15) is 17.5 Å². The van der Waals surface area contributed by atoms with E-state index in [9.17, 15) is 13.6 Å². The van der Waals surface area contributed by atoms with Crippen molar-refractivity contribution in [3.8, 4) is 6.07 Å². The van der Waals surface area contributed by atoms with Crippen LogP contribution in [0.4, 0.5) is 8.78 Å². The van der Waals surface area contributed by atoms with Crippen molar-refractivity contribution in [3.05, 3.63) is 28.6 Å². The molecule has 1 rings (SSSR count). The summed E-state index contributed by atoms with van der Waals surface area (Å²) in [5.74, 6) is -1.26. The molecule has 0 amide bonds. The predicted octanol–water partition coefficient (Wildman–Crippen LogP) is 0.977. The van der Waals surface area contributed by atoms with Crippen molar-refractivity contribution in [3.63, 3.8) is 0 Å². The van der Waals surface area contributed by atoms with Crippen LogP contribution < -0.4 is 5.73 Å². The van der Waals surface area contributed by atoms with E-state index in [0.29, 0.717) is 0 Å². The van der Waals surface area contributed by atoms with E-state index in [4.69, 9.17) is 16.1 Å². The van der Waals surface area contributed by atoms with Crippen LogP contribution in [0.15, 0.2) is 6.07 Å². The number of hydrogen-bond donors (Lipinski definition) is 2. The van der Waals surface area contributed by atoms with Crippen LogP contribution in [0.2, 0.25) is 0 Å². The summed E-state index contributed by atoms with van der Waals surface area (Å²) in [6, 6.07) is 2.86. The van der Waals surface area contributed by atoms with E-state index in [1.54, 1.807) is 6.07 Å². The van der Waals surface area contributed by atoms with Gasteiger partial charge in [-0.05, 0) is 17.2 Å². The molecule has 0 aliphatic carbocycles. The molecular weight excluding hydrogens is 232 g/mol. The van der Waals surface area contributed by atoms with Crippen molar-refractivity contribution in [2.75, 3.05) is 0 Å². The summed E-state index contributed by atoms with van der Waals surface area (Å²) in [7, 11) is 0. The molecule has 0 aromatic carbocycles. The highest BCUT2D eigenvalue weighted by Gasteiger charge is 2.21. The Kier molecular flexibility index (Phi) is 4.06. The first-order valence-corrected chi connectivity index (χ1v) is 4.62. The number of nitrogens with two attached hydrogens (primary N) is 1. The molecule has 0 bridgehead atoms. The van der Waals surface area contributed by atoms with Crippen LogP contribution >= 0.6 is 0 Å². The van der Waals surface area contributed by atoms with Gasteiger partial charge in [0.25, 0.3) is 6.43 Å². The summed E-state index contributed by atoms with van der Waals surface area (Å²) in [4.78, 5) is 14.0. The van der Waals surface area contributed by atoms with Gasteiger partial charge in [-0.25, -0.2) is 13.8 Å². The van der Waals surface area contributed by atoms with E-state index in [-0.39, 0.29) is 23.4 Å². The lowest BCUT2D eigenvalue weighted by Gasteiger charge is -2.11. The minimum atomic E-state index is -2.94. The smallest absolute Gasteiger partial charge is 0.307 e. The first-order valence-electron chi connectivity index (χ1n) is 4.62. The molecule has 90 valence electrons. The summed E-state index contributed by atoms with van der Waals surface area (Å²) >= 11 is 0. The average molecular weight is 241 g/mol. The highest BCUT2D eigenvalue weighted by atomic mass is 19.3. The van der Waals surface area contributed by atoms with Crippen LogP contribution in [-0.4, -0.2) is 16.1 Å². The Morgan fingerprint density at radius 3 is 2.71 bits per heavy atom. The molecule has 1 aromatic rings. The maximum atomic E-state index is 12.7. The van der Waals surface area contributed by atoms with E-state index >= 15 is 0 Å². The van der Waals surface area contributed by atoms with Crippen LogP contribution in [0.3, 0.4) is 0 Å². The first-order chi connectivity index (χ1) is 7.99. The van der Waals surface area contributed by atoms with Gasteiger partial charge in [-0.15, -0.1) is 0 Å². The van der Waals surface area contributed by atoms with Gasteiger partial charge in [0.2, 0.25) is 0 Å². The second-order valence-corrected chi connectivity index (χ2v) is 3.22. The summed E-state index contributed by atoms with van der Waals surface area (Å²) in [6.07, 6.45) is -3.53. The van der Waals surface area contributed by atoms with Crippen molar-refractivity contribution in [2.24, 2.45) is 5.73 Å². The number of rotatable bonds is 4. The molecule has 1 aromatic heterocycles. The van der Waals surface area contributed by atoms with Crippen molar-refractivity contribution in [1.29, 1.82) is 5.26 Å². The predicted molar refractivity (Wildman–Crippen MR) is 53.1 cm³/mol. The number of nitrogens with zero attached hydrogens (tertiary/aromatic N) is 2. The number of nitriles is 1. The molecule has 7 heteroatoms. The lowest BCUT2D eigenvalue weighted by Crippen LogP contribution is -2.13. The molecule has 0 aliphatic heterocycles. The fourth-order valence-electron chi connectivity index (χ4n) is 1.42. The summed E-state index contributed by atoms with van der Waals surface area (Å²) < 4.78 is 25.4. The van der Waals surface area contributed by atoms with Gasteiger partial charge in [-0.2, -0.15) is 5.26 Å². The van der Waals surface area contributed by atoms with Gasteiger partial charge in [0, 0.05) is 6.54 Å². The number of carbonyl (C=O) groups is 1. The maximum absolute atomic E-state index is 12.7. The first kappa shape index (κ1) is 13.0. The van der Waals surface area contributed by atoms with Crippen LogP contribution in [0.5, 0.6) is 0 Å². The third-order valence-electron chi connectivity index (χ3n) is 2.12. The van der Waals surface area contributed by atoms with E-state index in [0.717, 1.165) is 0 Å². The van der Waals surface area contributed by atoms with E-state index < -0.39 is 24.5 Å². The molecule has 5 nitrogen and oxygen atoms in total. The highest BCUT2D eigenvalue weighted by molar-refractivity contribution is 5.71. The Hall–Kier alpha value is -2.07. The van der Waals surface area contributed by atoms with Crippen LogP contribution in [0.25, 0.3) is 0 Å². The Morgan fingerprint density at radius 2 is 2.29 bits per heavy atom. The van der Waals surface area contributed by atoms with Gasteiger partial charge in [-0.3, -0.25) is 4.79 Å². The number of halogens is 2. The number of aliphatic carboxylic acids is 1. The Balaban J connectivity index is 3.41. The van der Waals surface area contributed by atoms with Gasteiger partial charge >= 0.3 is 5.97 Å². The van der Waals surface area contributed by atoms with Crippen molar-refractivity contribution in [2.45, 2.75) is 19.4 Å². The van der Waals surface area contributed by atoms with Crippen molar-refractivity contribution < 1.29 is 18.7 Å². The number of carboxylic acid groups (broad SMARTS) is 1. The molecule has 0 atom stereocenters. The number of hydrogen-bond acceptors (Lipinski definition) is 4. The summed E-state index contributed by atoms with van der Waals surface area (Å²) in [6.45, 7) is -0.125. The zero-order chi connectivity index (χ0) is 13.0. The quantitative estimate of drug-likeness (QED) is 0.818. The standard InChI is InChI=1S/C10H9F2N3O2/c11-10(12)9-7(2-8(16)17)5(3-13)1-6(4-14)15-9/h1,10H,2-3,13H2,(H,16,17). The molecule has 0 saturated heterocycles. The lowest BCUT2D eigenvalue weighted by molar-refractivity contribution is -0.136. The van der Waals surface area contributed by atoms with Gasteiger partial charge < -0.3 is 10.8 Å². The van der Waals surface area contributed by atoms with Crippen LogP contribution in [0.1, 0.15) is 28.9 Å². The summed E-state index contributed by atoms with van der Waals surface area (Å²) in [5, 5.41) is 17.3. The van der Waals surface area contributed by atoms with Crippen molar-refractivity contribution >= 4 is 5.97 Å². The van der Waals surface area contributed by atoms with Gasteiger partial charge in [0.15, 0.2) is 0 Å². The molecule has 0 fully saturated rings. The van der Waals surface area contributed by atoms with Crippen LogP contribution in [-0.2, 0) is 17.8 Å². The minimum absolute atomic E-state index is 0.117. The highest BCUT2D eigenvalue weighted by Crippen LogP contribution is 2.25. The Labute approximate surface area is 95.5 Å². The number of alkyl halides is 2. The Morgan fingerprint density at radius 1 is 1.65 bits per heavy atom. The molecule has 0 radical (unpaired) electrons. The Bertz CT molecular complexity index is 483. The zero-order valence-electron chi connectivity index (χ0n) is 8.65. The second kappa shape index (κ2) is 5.32. The SMILES string of the molecule is N#Cc1cc(CN)c(CC(=O)O)c(C(F)F)n1. The minimum Gasteiger partial charge on any atom is -0.481 e. The monoisotopic (exact) mass is 241 g/mol. The average Bonchev–Trinajstić information content (AvgIpc) is 2.28. The number of aromatic nitrogens is 1. The summed E-state index contributed by atoms with van der Waals surface area (Å²) in [5.41, 5.74) is 4.54. The molecule has 0 saturated carbocycles. The molecule has 3 N–H and O–H groups in total. The topological polar surface area (TPSA) is 100 Å². The van der Waals surface area contributed by atoms with Gasteiger partial charge in [0.05, 0.1) is 6.42 Å². The third-order valence-corrected chi connectivity index (χ3v) is 2.12. The fourth-order valence-corrected chi connectivity index (χ4v) is 1.42. The maximum Gasteiger partial charge on any atom is 0.307 e. The van der Waals surface area contributed by atoms with Crippen LogP contribution in [0, 0.1) is 11.3 Å². The molecule has 1 heterocycles. The number of carboxylic acids is 1.